The third kappa shape index (κ3) is 2.76. The van der Waals surface area contributed by atoms with Gasteiger partial charge >= 0.3 is 0 Å². The fourth-order valence-electron chi connectivity index (χ4n) is 1.48. The van der Waals surface area contributed by atoms with E-state index < -0.39 is 0 Å². The summed E-state index contributed by atoms with van der Waals surface area (Å²) in [6.45, 7) is 4.33. The first-order valence-electron chi connectivity index (χ1n) is 5.42. The lowest BCUT2D eigenvalue weighted by molar-refractivity contribution is 0.0956. The molecule has 1 rings (SSSR count). The molecule has 1 heterocycles. The smallest absolute Gasteiger partial charge is 0.261 e. The molecule has 6 heteroatoms. The first-order chi connectivity index (χ1) is 8.02. The molecule has 0 aliphatic rings. The van der Waals surface area contributed by atoms with Gasteiger partial charge in [0.2, 0.25) is 0 Å². The molecule has 0 atom stereocenters. The van der Waals surface area contributed by atoms with Gasteiger partial charge in [-0.05, 0) is 18.9 Å². The van der Waals surface area contributed by atoms with E-state index in [0.717, 1.165) is 17.8 Å². The molecule has 94 valence electrons. The van der Waals surface area contributed by atoms with Crippen molar-refractivity contribution in [2.45, 2.75) is 20.3 Å². The minimum Gasteiger partial charge on any atom is -0.390 e. The Morgan fingerprint density at radius 3 is 2.53 bits per heavy atom. The second kappa shape index (κ2) is 5.67. The normalized spacial score (nSPS) is 10.1. The third-order valence-electron chi connectivity index (χ3n) is 2.37. The number of nitrogens with two attached hydrogens (primary N) is 1. The van der Waals surface area contributed by atoms with Gasteiger partial charge in [0.1, 0.15) is 0 Å². The maximum atomic E-state index is 11.8. The number of nitrogen functional groups attached to an aromatic ring is 1. The summed E-state index contributed by atoms with van der Waals surface area (Å²) in [7, 11) is 1.54. The molecular formula is C11H17N3O2S. The molecule has 0 aliphatic heterocycles. The van der Waals surface area contributed by atoms with Gasteiger partial charge in [0, 0.05) is 13.6 Å². The second-order valence-corrected chi connectivity index (χ2v) is 4.68. The van der Waals surface area contributed by atoms with Gasteiger partial charge in [0.15, 0.2) is 0 Å². The molecule has 0 fully saturated rings. The molecule has 0 saturated heterocycles. The Morgan fingerprint density at radius 1 is 1.35 bits per heavy atom. The van der Waals surface area contributed by atoms with Gasteiger partial charge in [0.25, 0.3) is 11.8 Å². The zero-order valence-electron chi connectivity index (χ0n) is 10.2. The van der Waals surface area contributed by atoms with Crippen LogP contribution in [0, 0.1) is 6.92 Å². The van der Waals surface area contributed by atoms with Crippen LogP contribution in [0.5, 0.6) is 0 Å². The van der Waals surface area contributed by atoms with E-state index in [1.54, 1.807) is 6.92 Å². The molecule has 0 radical (unpaired) electrons. The van der Waals surface area contributed by atoms with Crippen LogP contribution in [-0.4, -0.2) is 25.4 Å². The molecular weight excluding hydrogens is 238 g/mol. The largest absolute Gasteiger partial charge is 0.390 e. The van der Waals surface area contributed by atoms with Crippen molar-refractivity contribution in [2.24, 2.45) is 0 Å². The predicted octanol–water partition coefficient (Wildman–Crippen LogP) is 1.14. The zero-order chi connectivity index (χ0) is 13.0. The molecule has 17 heavy (non-hydrogen) atoms. The molecule has 0 spiro atoms. The first kappa shape index (κ1) is 13.5. The number of nitrogens with one attached hydrogen (secondary N) is 2. The van der Waals surface area contributed by atoms with Gasteiger partial charge in [0.05, 0.1) is 15.4 Å². The molecule has 1 aromatic heterocycles. The molecule has 0 saturated carbocycles. The van der Waals surface area contributed by atoms with E-state index in [0.29, 0.717) is 27.5 Å². The van der Waals surface area contributed by atoms with Crippen molar-refractivity contribution in [2.75, 3.05) is 19.3 Å². The summed E-state index contributed by atoms with van der Waals surface area (Å²) in [6, 6.07) is 0. The Morgan fingerprint density at radius 2 is 2.00 bits per heavy atom. The minimum atomic E-state index is -0.259. The van der Waals surface area contributed by atoms with Crippen LogP contribution in [0.2, 0.25) is 0 Å². The van der Waals surface area contributed by atoms with E-state index in [1.807, 2.05) is 6.92 Å². The highest BCUT2D eigenvalue weighted by Crippen LogP contribution is 2.30. The number of rotatable bonds is 4. The van der Waals surface area contributed by atoms with Crippen molar-refractivity contribution < 1.29 is 9.59 Å². The van der Waals surface area contributed by atoms with Crippen molar-refractivity contribution in [3.05, 3.63) is 16.0 Å². The average molecular weight is 255 g/mol. The van der Waals surface area contributed by atoms with Crippen LogP contribution in [0.25, 0.3) is 0 Å². The van der Waals surface area contributed by atoms with Crippen molar-refractivity contribution in [1.29, 1.82) is 0 Å². The lowest BCUT2D eigenvalue weighted by Crippen LogP contribution is -2.24. The van der Waals surface area contributed by atoms with Crippen LogP contribution in [0.15, 0.2) is 0 Å². The van der Waals surface area contributed by atoms with Crippen LogP contribution in [0.1, 0.15) is 38.9 Å². The highest BCUT2D eigenvalue weighted by molar-refractivity contribution is 7.18. The monoisotopic (exact) mass is 255 g/mol. The van der Waals surface area contributed by atoms with Crippen molar-refractivity contribution in [3.8, 4) is 0 Å². The summed E-state index contributed by atoms with van der Waals surface area (Å²) in [5.41, 5.74) is 6.80. The number of thiophene rings is 1. The summed E-state index contributed by atoms with van der Waals surface area (Å²) in [4.78, 5) is 23.9. The molecule has 5 nitrogen and oxygen atoms in total. The topological polar surface area (TPSA) is 84.2 Å². The number of anilines is 1. The van der Waals surface area contributed by atoms with Crippen molar-refractivity contribution in [3.63, 3.8) is 0 Å². The van der Waals surface area contributed by atoms with Crippen LogP contribution in [-0.2, 0) is 0 Å². The third-order valence-corrected chi connectivity index (χ3v) is 3.49. The minimum absolute atomic E-state index is 0.170. The predicted molar refractivity (Wildman–Crippen MR) is 69.5 cm³/mol. The number of hydrogen-bond acceptors (Lipinski definition) is 4. The lowest BCUT2D eigenvalue weighted by atomic mass is 10.1. The molecule has 1 aromatic rings. The van der Waals surface area contributed by atoms with Crippen LogP contribution in [0.3, 0.4) is 0 Å². The summed E-state index contributed by atoms with van der Waals surface area (Å²) in [5, 5.41) is 5.66. The number of carbonyl (C=O) groups excluding carboxylic acids is 2. The summed E-state index contributed by atoms with van der Waals surface area (Å²) < 4.78 is 0. The van der Waals surface area contributed by atoms with Gasteiger partial charge in [-0.1, -0.05) is 6.92 Å². The van der Waals surface area contributed by atoms with E-state index in [9.17, 15) is 9.59 Å². The van der Waals surface area contributed by atoms with E-state index in [-0.39, 0.29) is 11.8 Å². The number of amides is 2. The Kier molecular flexibility index (Phi) is 4.51. The van der Waals surface area contributed by atoms with E-state index in [2.05, 4.69) is 10.6 Å². The van der Waals surface area contributed by atoms with E-state index in [1.165, 1.54) is 7.05 Å². The van der Waals surface area contributed by atoms with E-state index in [4.69, 9.17) is 5.73 Å². The molecule has 0 bridgehead atoms. The molecule has 0 aliphatic carbocycles. The van der Waals surface area contributed by atoms with Crippen LogP contribution in [0.4, 0.5) is 5.00 Å². The zero-order valence-corrected chi connectivity index (χ0v) is 11.0. The van der Waals surface area contributed by atoms with Gasteiger partial charge in [-0.2, -0.15) is 0 Å². The maximum Gasteiger partial charge on any atom is 0.261 e. The van der Waals surface area contributed by atoms with Gasteiger partial charge in [-0.25, -0.2) is 0 Å². The highest BCUT2D eigenvalue weighted by Gasteiger charge is 2.22. The fraction of sp³-hybridized carbons (Fsp3) is 0.455. The van der Waals surface area contributed by atoms with Crippen LogP contribution >= 0.6 is 11.3 Å². The number of hydrogen-bond donors (Lipinski definition) is 3. The van der Waals surface area contributed by atoms with Gasteiger partial charge in [-0.3, -0.25) is 9.59 Å². The summed E-state index contributed by atoms with van der Waals surface area (Å²) >= 11 is 1.15. The summed E-state index contributed by atoms with van der Waals surface area (Å²) in [6.07, 6.45) is 0.869. The highest BCUT2D eigenvalue weighted by atomic mass is 32.1. The fourth-order valence-corrected chi connectivity index (χ4v) is 2.47. The maximum absolute atomic E-state index is 11.8. The Bertz CT molecular complexity index is 440. The Labute approximate surface area is 104 Å². The average Bonchev–Trinajstić information content (AvgIpc) is 2.61. The lowest BCUT2D eigenvalue weighted by Gasteiger charge is -2.03. The Balaban J connectivity index is 3.04. The van der Waals surface area contributed by atoms with Gasteiger partial charge < -0.3 is 16.4 Å². The standard InChI is InChI=1S/C11H17N3O2S/c1-4-5-14-11(16)8-6(2)7(9(12)17-8)10(15)13-3/h4-5,12H2,1-3H3,(H,13,15)(H,14,16). The molecule has 4 N–H and O–H groups in total. The first-order valence-corrected chi connectivity index (χ1v) is 6.23. The molecule has 0 aromatic carbocycles. The second-order valence-electron chi connectivity index (χ2n) is 3.63. The van der Waals surface area contributed by atoms with Crippen LogP contribution < -0.4 is 16.4 Å². The van der Waals surface area contributed by atoms with Gasteiger partial charge in [-0.15, -0.1) is 11.3 Å². The van der Waals surface area contributed by atoms with Crippen molar-refractivity contribution >= 4 is 28.2 Å². The summed E-state index contributed by atoms with van der Waals surface area (Å²) in [5.74, 6) is -0.429. The molecule has 2 amide bonds. The van der Waals surface area contributed by atoms with E-state index >= 15 is 0 Å². The quantitative estimate of drug-likeness (QED) is 0.754. The number of carbonyl (C=O) groups is 2. The SMILES string of the molecule is CCCNC(=O)c1sc(N)c(C(=O)NC)c1C. The Hall–Kier alpha value is -1.56. The molecule has 0 unspecified atom stereocenters. The van der Waals surface area contributed by atoms with Crippen molar-refractivity contribution in [1.82, 2.24) is 10.6 Å².